The van der Waals surface area contributed by atoms with Gasteiger partial charge in [-0.2, -0.15) is 0 Å². The van der Waals surface area contributed by atoms with Crippen LogP contribution in [0, 0.1) is 0 Å². The van der Waals surface area contributed by atoms with Crippen molar-refractivity contribution in [1.29, 1.82) is 0 Å². The molecule has 0 aliphatic heterocycles. The van der Waals surface area contributed by atoms with Gasteiger partial charge in [-0.25, -0.2) is 9.59 Å². The summed E-state index contributed by atoms with van der Waals surface area (Å²) in [4.78, 5) is 21.0. The molecule has 0 unspecified atom stereocenters. The number of carbonyl (C=O) groups is 2. The molecule has 1 aromatic carbocycles. The summed E-state index contributed by atoms with van der Waals surface area (Å²) in [5.74, 6) is -2.18. The van der Waals surface area contributed by atoms with Crippen molar-refractivity contribution in [3.8, 4) is 0 Å². The van der Waals surface area contributed by atoms with Gasteiger partial charge in [-0.3, -0.25) is 0 Å². The van der Waals surface area contributed by atoms with Gasteiger partial charge in [0.15, 0.2) is 0 Å². The lowest BCUT2D eigenvalue weighted by Crippen LogP contribution is -2.01. The number of carboxylic acid groups (broad SMARTS) is 2. The molecule has 0 saturated heterocycles. The maximum absolute atomic E-state index is 10.5. The predicted molar refractivity (Wildman–Crippen MR) is 62.6 cm³/mol. The monoisotopic (exact) mass is 316 g/mol. The maximum Gasteiger partial charge on any atom is 0.336 e. The Kier molecular flexibility index (Phi) is 7.39. The van der Waals surface area contributed by atoms with Crippen LogP contribution in [0.25, 0.3) is 0 Å². The van der Waals surface area contributed by atoms with Crippen LogP contribution >= 0.6 is 40.7 Å². The van der Waals surface area contributed by atoms with Gasteiger partial charge in [0.2, 0.25) is 0 Å². The summed E-state index contributed by atoms with van der Waals surface area (Å²) in [6.45, 7) is 0. The van der Waals surface area contributed by atoms with Gasteiger partial charge in [-0.15, -0.1) is 24.8 Å². The quantitative estimate of drug-likeness (QED) is 0.879. The molecule has 84 valence electrons. The number of halogens is 3. The van der Waals surface area contributed by atoms with Crippen LogP contribution in [0.1, 0.15) is 20.7 Å². The maximum atomic E-state index is 10.5. The first-order valence-corrected chi connectivity index (χ1v) is 4.08. The van der Waals surface area contributed by atoms with Crippen LogP contribution in [0.4, 0.5) is 0 Å². The fraction of sp³-hybridized carbons (Fsp3) is 0. The van der Waals surface area contributed by atoms with Crippen LogP contribution < -0.4 is 0 Å². The molecule has 0 saturated carbocycles. The number of hydrogen-bond acceptors (Lipinski definition) is 2. The third-order valence-corrected chi connectivity index (χ3v) is 2.10. The van der Waals surface area contributed by atoms with Crippen LogP contribution in [0.5, 0.6) is 0 Å². The van der Waals surface area contributed by atoms with E-state index in [4.69, 9.17) is 10.2 Å². The van der Waals surface area contributed by atoms with Crippen molar-refractivity contribution in [3.05, 3.63) is 33.8 Å². The van der Waals surface area contributed by atoms with Crippen molar-refractivity contribution in [1.82, 2.24) is 0 Å². The first kappa shape index (κ1) is 16.6. The summed E-state index contributed by atoms with van der Waals surface area (Å²) in [6, 6.07) is 3.75. The van der Waals surface area contributed by atoms with Crippen LogP contribution in [0.2, 0.25) is 0 Å². The number of hydrogen-bond donors (Lipinski definition) is 2. The summed E-state index contributed by atoms with van der Waals surface area (Å²) in [7, 11) is 0. The summed E-state index contributed by atoms with van der Waals surface area (Å²) >= 11 is 2.97. The Labute approximate surface area is 106 Å². The number of aromatic carboxylic acids is 2. The van der Waals surface area contributed by atoms with Crippen molar-refractivity contribution < 1.29 is 19.8 Å². The highest BCUT2D eigenvalue weighted by Gasteiger charge is 2.10. The van der Waals surface area contributed by atoms with Crippen molar-refractivity contribution in [2.45, 2.75) is 0 Å². The zero-order valence-electron chi connectivity index (χ0n) is 7.14. The molecule has 15 heavy (non-hydrogen) atoms. The van der Waals surface area contributed by atoms with Crippen molar-refractivity contribution >= 4 is 52.7 Å². The molecular weight excluding hydrogens is 311 g/mol. The van der Waals surface area contributed by atoms with Gasteiger partial charge < -0.3 is 10.2 Å². The third kappa shape index (κ3) is 4.07. The largest absolute Gasteiger partial charge is 0.478 e. The van der Waals surface area contributed by atoms with E-state index < -0.39 is 11.9 Å². The molecular formula is C8H7BrCl2O4. The smallest absolute Gasteiger partial charge is 0.336 e. The van der Waals surface area contributed by atoms with Crippen molar-refractivity contribution in [2.24, 2.45) is 0 Å². The molecule has 0 aromatic heterocycles. The Morgan fingerprint density at radius 3 is 1.93 bits per heavy atom. The molecule has 1 rings (SSSR count). The molecule has 0 atom stereocenters. The first-order chi connectivity index (χ1) is 6.02. The summed E-state index contributed by atoms with van der Waals surface area (Å²) in [5, 5.41) is 17.2. The molecule has 1 aromatic rings. The van der Waals surface area contributed by atoms with E-state index in [-0.39, 0.29) is 40.4 Å². The lowest BCUT2D eigenvalue weighted by atomic mass is 10.1. The summed E-state index contributed by atoms with van der Waals surface area (Å²) in [6.07, 6.45) is 0. The Bertz CT molecular complexity index is 381. The third-order valence-electron chi connectivity index (χ3n) is 1.45. The highest BCUT2D eigenvalue weighted by molar-refractivity contribution is 9.10. The predicted octanol–water partition coefficient (Wildman–Crippen LogP) is 2.69. The van der Waals surface area contributed by atoms with Crippen LogP contribution in [-0.4, -0.2) is 22.2 Å². The molecule has 0 aliphatic carbocycles. The number of carboxylic acids is 2. The Morgan fingerprint density at radius 1 is 1.07 bits per heavy atom. The van der Waals surface area contributed by atoms with Crippen LogP contribution in [0.15, 0.2) is 22.7 Å². The van der Waals surface area contributed by atoms with Crippen molar-refractivity contribution in [3.63, 3.8) is 0 Å². The zero-order chi connectivity index (χ0) is 10.0. The standard InChI is InChI=1S/C8H5BrO4.2ClH/c9-6-3-4(7(10)11)1-2-5(6)8(12)13;;/h1-3H,(H,10,11)(H,12,13);2*1H. The van der Waals surface area contributed by atoms with Crippen LogP contribution in [-0.2, 0) is 0 Å². The lowest BCUT2D eigenvalue weighted by molar-refractivity contribution is 0.0680. The average molecular weight is 318 g/mol. The molecule has 2 N–H and O–H groups in total. The van der Waals surface area contributed by atoms with E-state index >= 15 is 0 Å². The SMILES string of the molecule is Cl.Cl.O=C(O)c1ccc(C(=O)O)c(Br)c1. The van der Waals surface area contributed by atoms with Gasteiger partial charge in [-0.1, -0.05) is 0 Å². The van der Waals surface area contributed by atoms with Crippen LogP contribution in [0.3, 0.4) is 0 Å². The zero-order valence-corrected chi connectivity index (χ0v) is 10.4. The van der Waals surface area contributed by atoms with E-state index in [1.54, 1.807) is 0 Å². The van der Waals surface area contributed by atoms with Gasteiger partial charge >= 0.3 is 11.9 Å². The lowest BCUT2D eigenvalue weighted by Gasteiger charge is -1.99. The summed E-state index contributed by atoms with van der Waals surface area (Å²) < 4.78 is 0.264. The first-order valence-electron chi connectivity index (χ1n) is 3.28. The molecule has 4 nitrogen and oxygen atoms in total. The normalized spacial score (nSPS) is 8.33. The second kappa shape index (κ2) is 6.66. The summed E-state index contributed by atoms with van der Waals surface area (Å²) in [5.41, 5.74) is 0.0990. The molecule has 7 heteroatoms. The molecule has 0 aliphatic rings. The van der Waals surface area contributed by atoms with Gasteiger partial charge in [0.1, 0.15) is 0 Å². The number of rotatable bonds is 2. The Hall–Kier alpha value is -0.780. The second-order valence-corrected chi connectivity index (χ2v) is 3.16. The molecule has 0 spiro atoms. The van der Waals surface area contributed by atoms with Crippen molar-refractivity contribution in [2.75, 3.05) is 0 Å². The Balaban J connectivity index is 0. The highest BCUT2D eigenvalue weighted by atomic mass is 79.9. The van der Waals surface area contributed by atoms with Gasteiger partial charge in [0.05, 0.1) is 11.1 Å². The van der Waals surface area contributed by atoms with E-state index in [0.717, 1.165) is 0 Å². The fourth-order valence-electron chi connectivity index (χ4n) is 0.822. The van der Waals surface area contributed by atoms with E-state index in [0.29, 0.717) is 0 Å². The molecule has 0 fully saturated rings. The molecule has 0 amide bonds. The molecule has 0 radical (unpaired) electrons. The van der Waals surface area contributed by atoms with Gasteiger partial charge in [0, 0.05) is 4.47 Å². The topological polar surface area (TPSA) is 74.6 Å². The van der Waals surface area contributed by atoms with Gasteiger partial charge in [0.25, 0.3) is 0 Å². The number of benzene rings is 1. The van der Waals surface area contributed by atoms with Gasteiger partial charge in [-0.05, 0) is 34.1 Å². The van der Waals surface area contributed by atoms with E-state index in [1.165, 1.54) is 18.2 Å². The minimum Gasteiger partial charge on any atom is -0.478 e. The fourth-order valence-corrected chi connectivity index (χ4v) is 1.37. The van der Waals surface area contributed by atoms with E-state index in [1.807, 2.05) is 0 Å². The highest BCUT2D eigenvalue weighted by Crippen LogP contribution is 2.18. The Morgan fingerprint density at radius 2 is 1.60 bits per heavy atom. The molecule has 0 bridgehead atoms. The van der Waals surface area contributed by atoms with E-state index in [9.17, 15) is 9.59 Å². The molecule has 0 heterocycles. The average Bonchev–Trinajstić information content (AvgIpc) is 2.03. The minimum atomic E-state index is -1.09. The van der Waals surface area contributed by atoms with E-state index in [2.05, 4.69) is 15.9 Å². The minimum absolute atomic E-state index is 0. The second-order valence-electron chi connectivity index (χ2n) is 2.30.